The number of amides is 1. The first-order valence-corrected chi connectivity index (χ1v) is 10.1. The molecule has 0 spiro atoms. The maximum absolute atomic E-state index is 11.5. The highest BCUT2D eigenvalue weighted by Gasteiger charge is 2.03. The first-order chi connectivity index (χ1) is 13.0. The van der Waals surface area contributed by atoms with Crippen LogP contribution in [0.15, 0.2) is 29.3 Å². The first-order valence-electron chi connectivity index (χ1n) is 10.1. The molecule has 1 aromatic rings. The summed E-state index contributed by atoms with van der Waals surface area (Å²) in [7, 11) is 0. The van der Waals surface area contributed by atoms with Gasteiger partial charge < -0.3 is 20.7 Å². The number of hydrogen-bond donors (Lipinski definition) is 3. The molecule has 0 aliphatic carbocycles. The summed E-state index contributed by atoms with van der Waals surface area (Å²) in [6.07, 6.45) is 3.64. The van der Waals surface area contributed by atoms with Crippen LogP contribution in [-0.4, -0.2) is 38.1 Å². The molecule has 0 saturated carbocycles. The van der Waals surface area contributed by atoms with E-state index in [-0.39, 0.29) is 36.5 Å². The zero-order chi connectivity index (χ0) is 19.9. The van der Waals surface area contributed by atoms with Crippen LogP contribution in [0, 0.1) is 5.92 Å². The van der Waals surface area contributed by atoms with Gasteiger partial charge in [-0.05, 0) is 43.9 Å². The fraction of sp³-hybridized carbons (Fsp3) is 0.619. The van der Waals surface area contributed by atoms with Crippen LogP contribution in [0.2, 0.25) is 0 Å². The Morgan fingerprint density at radius 1 is 1.11 bits per heavy atom. The molecule has 0 aromatic heterocycles. The predicted molar refractivity (Wildman–Crippen MR) is 128 cm³/mol. The van der Waals surface area contributed by atoms with Crippen molar-refractivity contribution in [3.05, 3.63) is 29.8 Å². The number of aliphatic imine (C=N–C) groups is 1. The van der Waals surface area contributed by atoms with Gasteiger partial charge >= 0.3 is 0 Å². The zero-order valence-corrected chi connectivity index (χ0v) is 20.0. The van der Waals surface area contributed by atoms with Crippen LogP contribution >= 0.6 is 24.0 Å². The third kappa shape index (κ3) is 12.8. The highest BCUT2D eigenvalue weighted by Crippen LogP contribution is 2.14. The smallest absolute Gasteiger partial charge is 0.257 e. The zero-order valence-electron chi connectivity index (χ0n) is 17.7. The predicted octanol–water partition coefficient (Wildman–Crippen LogP) is 3.70. The van der Waals surface area contributed by atoms with E-state index in [4.69, 9.17) is 4.74 Å². The third-order valence-corrected chi connectivity index (χ3v) is 3.91. The lowest BCUT2D eigenvalue weighted by Gasteiger charge is -2.12. The number of rotatable bonds is 12. The molecule has 0 unspecified atom stereocenters. The Bertz CT molecular complexity index is 579. The molecule has 1 aromatic carbocycles. The van der Waals surface area contributed by atoms with E-state index in [0.29, 0.717) is 18.8 Å². The fourth-order valence-electron chi connectivity index (χ4n) is 2.53. The van der Waals surface area contributed by atoms with Gasteiger partial charge in [0, 0.05) is 19.6 Å². The molecule has 160 valence electrons. The Labute approximate surface area is 187 Å². The molecular formula is C21H37IN4O2. The fourth-order valence-corrected chi connectivity index (χ4v) is 2.53. The van der Waals surface area contributed by atoms with Gasteiger partial charge in [-0.2, -0.15) is 0 Å². The van der Waals surface area contributed by atoms with Crippen LogP contribution in [0.3, 0.4) is 0 Å². The average molecular weight is 504 g/mol. The van der Waals surface area contributed by atoms with Crippen LogP contribution in [0.25, 0.3) is 0 Å². The molecule has 0 aliphatic heterocycles. The first kappa shape index (κ1) is 26.5. The van der Waals surface area contributed by atoms with Crippen molar-refractivity contribution in [3.8, 4) is 5.75 Å². The summed E-state index contributed by atoms with van der Waals surface area (Å²) in [4.78, 5) is 16.1. The van der Waals surface area contributed by atoms with E-state index in [2.05, 4.69) is 41.7 Å². The van der Waals surface area contributed by atoms with Crippen molar-refractivity contribution in [1.29, 1.82) is 0 Å². The molecule has 0 atom stereocenters. The normalized spacial score (nSPS) is 11.0. The average Bonchev–Trinajstić information content (AvgIpc) is 2.64. The highest BCUT2D eigenvalue weighted by molar-refractivity contribution is 14.0. The lowest BCUT2D eigenvalue weighted by Crippen LogP contribution is -2.37. The molecule has 0 heterocycles. The van der Waals surface area contributed by atoms with E-state index < -0.39 is 0 Å². The molecule has 6 nitrogen and oxygen atoms in total. The van der Waals surface area contributed by atoms with Gasteiger partial charge in [-0.25, -0.2) is 4.99 Å². The van der Waals surface area contributed by atoms with E-state index in [1.165, 1.54) is 12.8 Å². The number of likely N-dealkylation sites (N-methyl/N-ethyl adjacent to an activating group) is 1. The van der Waals surface area contributed by atoms with Crippen molar-refractivity contribution < 1.29 is 9.53 Å². The van der Waals surface area contributed by atoms with Crippen molar-refractivity contribution in [2.45, 2.75) is 53.5 Å². The summed E-state index contributed by atoms with van der Waals surface area (Å²) in [5, 5.41) is 9.38. The molecular weight excluding hydrogens is 467 g/mol. The number of nitrogens with zero attached hydrogens (tertiary/aromatic N) is 1. The SMILES string of the molecule is CCNC(=O)COc1cccc(CN=C(NCC)NCCCCC(C)C)c1.I. The van der Waals surface area contributed by atoms with Crippen LogP contribution in [0.5, 0.6) is 5.75 Å². The minimum atomic E-state index is -0.114. The van der Waals surface area contributed by atoms with E-state index in [1.807, 2.05) is 31.2 Å². The molecule has 0 radical (unpaired) electrons. The molecule has 3 N–H and O–H groups in total. The molecule has 0 aliphatic rings. The Morgan fingerprint density at radius 2 is 1.86 bits per heavy atom. The molecule has 7 heteroatoms. The van der Waals surface area contributed by atoms with Gasteiger partial charge in [0.1, 0.15) is 5.75 Å². The number of ether oxygens (including phenoxy) is 1. The Kier molecular flexibility index (Phi) is 15.6. The van der Waals surface area contributed by atoms with Crippen LogP contribution in [0.1, 0.15) is 52.5 Å². The summed E-state index contributed by atoms with van der Waals surface area (Å²) >= 11 is 0. The molecule has 0 fully saturated rings. The van der Waals surface area contributed by atoms with Gasteiger partial charge in [0.2, 0.25) is 0 Å². The second kappa shape index (κ2) is 16.4. The monoisotopic (exact) mass is 504 g/mol. The summed E-state index contributed by atoms with van der Waals surface area (Å²) in [6.45, 7) is 11.4. The Hall–Kier alpha value is -1.51. The second-order valence-electron chi connectivity index (χ2n) is 6.90. The second-order valence-corrected chi connectivity index (χ2v) is 6.90. The summed E-state index contributed by atoms with van der Waals surface area (Å²) in [5.41, 5.74) is 1.04. The van der Waals surface area contributed by atoms with E-state index >= 15 is 0 Å². The van der Waals surface area contributed by atoms with E-state index in [9.17, 15) is 4.79 Å². The summed E-state index contributed by atoms with van der Waals surface area (Å²) in [5.74, 6) is 2.16. The largest absolute Gasteiger partial charge is 0.484 e. The van der Waals surface area contributed by atoms with Gasteiger partial charge in [-0.1, -0.05) is 38.8 Å². The highest BCUT2D eigenvalue weighted by atomic mass is 127. The lowest BCUT2D eigenvalue weighted by molar-refractivity contribution is -0.122. The molecule has 28 heavy (non-hydrogen) atoms. The number of benzene rings is 1. The van der Waals surface area contributed by atoms with Crippen molar-refractivity contribution >= 4 is 35.8 Å². The molecule has 0 bridgehead atoms. The topological polar surface area (TPSA) is 74.8 Å². The van der Waals surface area contributed by atoms with E-state index in [1.54, 1.807) is 0 Å². The maximum atomic E-state index is 11.5. The number of nitrogens with one attached hydrogen (secondary N) is 3. The lowest BCUT2D eigenvalue weighted by atomic mass is 10.1. The van der Waals surface area contributed by atoms with Gasteiger partial charge in [-0.3, -0.25) is 4.79 Å². The van der Waals surface area contributed by atoms with Gasteiger partial charge in [0.05, 0.1) is 6.54 Å². The Balaban J connectivity index is 0.00000729. The minimum Gasteiger partial charge on any atom is -0.484 e. The van der Waals surface area contributed by atoms with Crippen LogP contribution < -0.4 is 20.7 Å². The Morgan fingerprint density at radius 3 is 2.54 bits per heavy atom. The van der Waals surface area contributed by atoms with Crippen molar-refractivity contribution in [3.63, 3.8) is 0 Å². The number of guanidine groups is 1. The molecule has 1 amide bonds. The van der Waals surface area contributed by atoms with Crippen molar-refractivity contribution in [2.75, 3.05) is 26.2 Å². The molecule has 1 rings (SSSR count). The van der Waals surface area contributed by atoms with Crippen LogP contribution in [-0.2, 0) is 11.3 Å². The number of halogens is 1. The van der Waals surface area contributed by atoms with Crippen LogP contribution in [0.4, 0.5) is 0 Å². The van der Waals surface area contributed by atoms with Crippen molar-refractivity contribution in [1.82, 2.24) is 16.0 Å². The third-order valence-electron chi connectivity index (χ3n) is 3.91. The van der Waals surface area contributed by atoms with E-state index in [0.717, 1.165) is 37.0 Å². The quantitative estimate of drug-likeness (QED) is 0.176. The standard InChI is InChI=1S/C21H36N4O2.HI/c1-5-22-20(26)16-27-19-12-9-11-18(14-19)15-25-21(23-6-2)24-13-8-7-10-17(3)4;/h9,11-12,14,17H,5-8,10,13,15-16H2,1-4H3,(H,22,26)(H2,23,24,25);1H. The molecule has 0 saturated heterocycles. The summed E-state index contributed by atoms with van der Waals surface area (Å²) in [6, 6.07) is 7.71. The number of carbonyl (C=O) groups excluding carboxylic acids is 1. The van der Waals surface area contributed by atoms with Gasteiger partial charge in [0.25, 0.3) is 5.91 Å². The number of hydrogen-bond acceptors (Lipinski definition) is 3. The maximum Gasteiger partial charge on any atom is 0.257 e. The number of unbranched alkanes of at least 4 members (excludes halogenated alkanes) is 1. The van der Waals surface area contributed by atoms with Crippen molar-refractivity contribution in [2.24, 2.45) is 10.9 Å². The van der Waals surface area contributed by atoms with Gasteiger partial charge in [-0.15, -0.1) is 24.0 Å². The summed E-state index contributed by atoms with van der Waals surface area (Å²) < 4.78 is 5.53. The van der Waals surface area contributed by atoms with Gasteiger partial charge in [0.15, 0.2) is 12.6 Å². The minimum absolute atomic E-state index is 0. The number of carbonyl (C=O) groups is 1.